The number of benzene rings is 1. The minimum Gasteiger partial charge on any atom is -0.300 e. The van der Waals surface area contributed by atoms with Gasteiger partial charge in [-0.05, 0) is 36.1 Å². The molecule has 0 aliphatic carbocycles. The van der Waals surface area contributed by atoms with Gasteiger partial charge in [0.2, 0.25) is 5.91 Å². The number of hydrogen-bond donors (Lipinski definition) is 1. The Morgan fingerprint density at radius 1 is 1.21 bits per heavy atom. The third-order valence-corrected chi connectivity index (χ3v) is 3.62. The number of hydrogen-bond acceptors (Lipinski definition) is 3. The lowest BCUT2D eigenvalue weighted by Gasteiger charge is -2.07. The fourth-order valence-electron chi connectivity index (χ4n) is 1.41. The van der Waals surface area contributed by atoms with E-state index in [9.17, 15) is 9.59 Å². The van der Waals surface area contributed by atoms with Crippen molar-refractivity contribution in [2.75, 3.05) is 0 Å². The Balaban J connectivity index is 2.43. The molecule has 1 aromatic carbocycles. The van der Waals surface area contributed by atoms with Gasteiger partial charge in [-0.2, -0.15) is 0 Å². The smallest absolute Gasteiger partial charge is 0.232 e. The predicted molar refractivity (Wildman–Crippen MR) is 78.9 cm³/mol. The number of carbonyl (C=O) groups is 2. The summed E-state index contributed by atoms with van der Waals surface area (Å²) in [7, 11) is 0. The van der Waals surface area contributed by atoms with Crippen molar-refractivity contribution < 1.29 is 9.59 Å². The van der Waals surface area contributed by atoms with Gasteiger partial charge in [-0.25, -0.2) is 0 Å². The van der Waals surface area contributed by atoms with E-state index >= 15 is 0 Å². The van der Waals surface area contributed by atoms with Crippen LogP contribution in [-0.2, 0) is 16.0 Å². The van der Waals surface area contributed by atoms with Crippen LogP contribution in [0.15, 0.2) is 29.2 Å². The standard InChI is InChI=1S/C15H21NO2S/c1-4-13(17)8-5-12-6-9-14(10-7-12)19-16-15(18)11(2)3/h6-7,9-11H,4-5,8H2,1-3H3,(H,16,18). The van der Waals surface area contributed by atoms with Gasteiger partial charge in [0.25, 0.3) is 0 Å². The first kappa shape index (κ1) is 15.8. The van der Waals surface area contributed by atoms with E-state index in [4.69, 9.17) is 0 Å². The molecule has 0 radical (unpaired) electrons. The van der Waals surface area contributed by atoms with E-state index < -0.39 is 0 Å². The average Bonchev–Trinajstić information content (AvgIpc) is 2.42. The molecule has 3 nitrogen and oxygen atoms in total. The highest BCUT2D eigenvalue weighted by molar-refractivity contribution is 7.98. The minimum atomic E-state index is -0.00757. The molecule has 1 amide bonds. The molecule has 0 atom stereocenters. The molecule has 0 heterocycles. The van der Waals surface area contributed by atoms with Gasteiger partial charge in [0.05, 0.1) is 0 Å². The first-order chi connectivity index (χ1) is 9.02. The van der Waals surface area contributed by atoms with Gasteiger partial charge in [0.1, 0.15) is 5.78 Å². The van der Waals surface area contributed by atoms with Crippen molar-refractivity contribution in [2.24, 2.45) is 5.92 Å². The lowest BCUT2D eigenvalue weighted by atomic mass is 10.1. The van der Waals surface area contributed by atoms with Crippen LogP contribution in [0.25, 0.3) is 0 Å². The lowest BCUT2D eigenvalue weighted by Crippen LogP contribution is -2.21. The second kappa shape index (κ2) is 8.00. The Morgan fingerprint density at radius 3 is 2.37 bits per heavy atom. The van der Waals surface area contributed by atoms with Gasteiger partial charge >= 0.3 is 0 Å². The van der Waals surface area contributed by atoms with Crippen molar-refractivity contribution >= 4 is 23.6 Å². The molecule has 0 aromatic heterocycles. The van der Waals surface area contributed by atoms with Crippen LogP contribution in [0.3, 0.4) is 0 Å². The Bertz CT molecular complexity index is 426. The number of nitrogens with one attached hydrogen (secondary N) is 1. The maximum Gasteiger partial charge on any atom is 0.232 e. The van der Waals surface area contributed by atoms with Crippen molar-refractivity contribution in [3.05, 3.63) is 29.8 Å². The van der Waals surface area contributed by atoms with Crippen molar-refractivity contribution in [1.29, 1.82) is 0 Å². The van der Waals surface area contributed by atoms with Gasteiger partial charge in [-0.3, -0.25) is 14.3 Å². The molecule has 0 unspecified atom stereocenters. The highest BCUT2D eigenvalue weighted by Gasteiger charge is 2.06. The topological polar surface area (TPSA) is 46.2 Å². The molecule has 1 N–H and O–H groups in total. The monoisotopic (exact) mass is 279 g/mol. The van der Waals surface area contributed by atoms with Crippen LogP contribution in [0.5, 0.6) is 0 Å². The molecule has 0 fully saturated rings. The summed E-state index contributed by atoms with van der Waals surface area (Å²) in [6.45, 7) is 5.62. The zero-order chi connectivity index (χ0) is 14.3. The van der Waals surface area contributed by atoms with E-state index in [1.54, 1.807) is 0 Å². The zero-order valence-corrected chi connectivity index (χ0v) is 12.5. The van der Waals surface area contributed by atoms with Gasteiger partial charge in [0, 0.05) is 23.7 Å². The van der Waals surface area contributed by atoms with Crippen LogP contribution < -0.4 is 4.72 Å². The Labute approximate surface area is 119 Å². The molecular weight excluding hydrogens is 258 g/mol. The van der Waals surface area contributed by atoms with Gasteiger partial charge in [0.15, 0.2) is 0 Å². The predicted octanol–water partition coefficient (Wildman–Crippen LogP) is 3.38. The quantitative estimate of drug-likeness (QED) is 0.778. The van der Waals surface area contributed by atoms with Crippen molar-refractivity contribution in [2.45, 2.75) is 44.9 Å². The van der Waals surface area contributed by atoms with E-state index in [2.05, 4.69) is 4.72 Å². The molecule has 4 heteroatoms. The molecule has 19 heavy (non-hydrogen) atoms. The van der Waals surface area contributed by atoms with Crippen LogP contribution in [0.2, 0.25) is 0 Å². The van der Waals surface area contributed by atoms with Crippen LogP contribution >= 0.6 is 11.9 Å². The van der Waals surface area contributed by atoms with Crippen LogP contribution in [0.1, 0.15) is 39.2 Å². The molecule has 0 spiro atoms. The minimum absolute atomic E-state index is 0.00757. The van der Waals surface area contributed by atoms with Crippen LogP contribution in [0, 0.1) is 5.92 Å². The Morgan fingerprint density at radius 2 is 1.84 bits per heavy atom. The average molecular weight is 279 g/mol. The summed E-state index contributed by atoms with van der Waals surface area (Å²) in [6, 6.07) is 7.95. The summed E-state index contributed by atoms with van der Waals surface area (Å²) < 4.78 is 2.80. The summed E-state index contributed by atoms with van der Waals surface area (Å²) in [4.78, 5) is 23.7. The second-order valence-corrected chi connectivity index (χ2v) is 5.64. The number of amides is 1. The number of ketones is 1. The summed E-state index contributed by atoms with van der Waals surface area (Å²) in [5.74, 6) is 0.317. The van der Waals surface area contributed by atoms with Crippen molar-refractivity contribution in [1.82, 2.24) is 4.72 Å². The van der Waals surface area contributed by atoms with E-state index in [1.807, 2.05) is 45.0 Å². The van der Waals surface area contributed by atoms with Gasteiger partial charge < -0.3 is 0 Å². The van der Waals surface area contributed by atoms with Gasteiger partial charge in [-0.1, -0.05) is 32.9 Å². The van der Waals surface area contributed by atoms with E-state index in [0.29, 0.717) is 18.6 Å². The molecule has 0 bridgehead atoms. The summed E-state index contributed by atoms with van der Waals surface area (Å²) in [6.07, 6.45) is 2.00. The zero-order valence-electron chi connectivity index (χ0n) is 11.7. The third-order valence-electron chi connectivity index (χ3n) is 2.80. The molecule has 1 aromatic rings. The first-order valence-corrected chi connectivity index (χ1v) is 7.42. The molecule has 0 saturated carbocycles. The summed E-state index contributed by atoms with van der Waals surface area (Å²) in [5.41, 5.74) is 1.15. The lowest BCUT2D eigenvalue weighted by molar-refractivity contribution is -0.122. The highest BCUT2D eigenvalue weighted by atomic mass is 32.2. The number of Topliss-reactive ketones (excluding diaryl/α,β-unsaturated/α-hetero) is 1. The molecule has 0 aliphatic rings. The molecule has 0 saturated heterocycles. The molecule has 0 aliphatic heterocycles. The highest BCUT2D eigenvalue weighted by Crippen LogP contribution is 2.16. The maximum absolute atomic E-state index is 11.4. The first-order valence-electron chi connectivity index (χ1n) is 6.60. The summed E-state index contributed by atoms with van der Waals surface area (Å²) >= 11 is 1.33. The number of aryl methyl sites for hydroxylation is 1. The largest absolute Gasteiger partial charge is 0.300 e. The molecule has 104 valence electrons. The Kier molecular flexibility index (Phi) is 6.64. The number of rotatable bonds is 7. The van der Waals surface area contributed by atoms with Crippen molar-refractivity contribution in [3.8, 4) is 0 Å². The fraction of sp³-hybridized carbons (Fsp3) is 0.467. The SMILES string of the molecule is CCC(=O)CCc1ccc(SNC(=O)C(C)C)cc1. The third kappa shape index (κ3) is 5.92. The van der Waals surface area contributed by atoms with Crippen LogP contribution in [0.4, 0.5) is 0 Å². The number of carbonyl (C=O) groups excluding carboxylic acids is 2. The maximum atomic E-state index is 11.4. The van der Waals surface area contributed by atoms with E-state index in [1.165, 1.54) is 11.9 Å². The van der Waals surface area contributed by atoms with Gasteiger partial charge in [-0.15, -0.1) is 0 Å². The van der Waals surface area contributed by atoms with Crippen LogP contribution in [-0.4, -0.2) is 11.7 Å². The molecular formula is C15H21NO2S. The Hall–Kier alpha value is -1.29. The van der Waals surface area contributed by atoms with E-state index in [-0.39, 0.29) is 11.8 Å². The molecule has 1 rings (SSSR count). The normalized spacial score (nSPS) is 10.5. The fourth-order valence-corrected chi connectivity index (χ4v) is 2.14. The van der Waals surface area contributed by atoms with E-state index in [0.717, 1.165) is 16.9 Å². The van der Waals surface area contributed by atoms with Crippen molar-refractivity contribution in [3.63, 3.8) is 0 Å². The summed E-state index contributed by atoms with van der Waals surface area (Å²) in [5, 5.41) is 0. The second-order valence-electron chi connectivity index (χ2n) is 4.76.